The van der Waals surface area contributed by atoms with Crippen LogP contribution in [0.1, 0.15) is 17.1 Å². The van der Waals surface area contributed by atoms with E-state index < -0.39 is 0 Å². The van der Waals surface area contributed by atoms with Gasteiger partial charge < -0.3 is 10.3 Å². The predicted octanol–water partition coefficient (Wildman–Crippen LogP) is 2.62. The Hall–Kier alpha value is -1.01. The third-order valence-electron chi connectivity index (χ3n) is 1.79. The first-order valence-corrected chi connectivity index (χ1v) is 6.23. The van der Waals surface area contributed by atoms with Gasteiger partial charge in [0.1, 0.15) is 5.76 Å². The molecular formula is C9H11N3OS2. The number of thiazole rings is 1. The van der Waals surface area contributed by atoms with Gasteiger partial charge in [-0.3, -0.25) is 0 Å². The van der Waals surface area contributed by atoms with E-state index in [-0.39, 0.29) is 0 Å². The SMILES string of the molecule is Cc1cc(CSc2sc(N)nc2C)on1. The van der Waals surface area contributed by atoms with Gasteiger partial charge >= 0.3 is 0 Å². The van der Waals surface area contributed by atoms with Crippen molar-refractivity contribution in [3.8, 4) is 0 Å². The molecule has 6 heteroatoms. The Labute approximate surface area is 95.9 Å². The van der Waals surface area contributed by atoms with Crippen LogP contribution in [0.5, 0.6) is 0 Å². The van der Waals surface area contributed by atoms with Crippen LogP contribution in [-0.4, -0.2) is 10.1 Å². The highest BCUT2D eigenvalue weighted by atomic mass is 32.2. The number of nitrogens with two attached hydrogens (primary N) is 1. The predicted molar refractivity (Wildman–Crippen MR) is 62.1 cm³/mol. The number of rotatable bonds is 3. The van der Waals surface area contributed by atoms with Crippen LogP contribution in [0.3, 0.4) is 0 Å². The maximum absolute atomic E-state index is 5.61. The van der Waals surface area contributed by atoms with Crippen LogP contribution in [0, 0.1) is 13.8 Å². The summed E-state index contributed by atoms with van der Waals surface area (Å²) in [7, 11) is 0. The second-order valence-corrected chi connectivity index (χ2v) is 5.42. The monoisotopic (exact) mass is 241 g/mol. The van der Waals surface area contributed by atoms with Gasteiger partial charge in [-0.1, -0.05) is 16.5 Å². The van der Waals surface area contributed by atoms with Crippen molar-refractivity contribution in [3.05, 3.63) is 23.2 Å². The molecule has 0 spiro atoms. The van der Waals surface area contributed by atoms with Crippen LogP contribution in [0.2, 0.25) is 0 Å². The van der Waals surface area contributed by atoms with Gasteiger partial charge in [-0.25, -0.2) is 4.98 Å². The highest BCUT2D eigenvalue weighted by molar-refractivity contribution is 8.00. The summed E-state index contributed by atoms with van der Waals surface area (Å²) in [6, 6.07) is 1.94. The smallest absolute Gasteiger partial charge is 0.181 e. The summed E-state index contributed by atoms with van der Waals surface area (Å²) < 4.78 is 6.26. The van der Waals surface area contributed by atoms with Crippen LogP contribution in [-0.2, 0) is 5.75 Å². The van der Waals surface area contributed by atoms with E-state index in [4.69, 9.17) is 10.3 Å². The molecule has 0 aromatic carbocycles. The Morgan fingerprint density at radius 3 is 2.87 bits per heavy atom. The minimum absolute atomic E-state index is 0.615. The molecule has 4 nitrogen and oxygen atoms in total. The molecule has 0 aliphatic rings. The third kappa shape index (κ3) is 2.51. The van der Waals surface area contributed by atoms with Gasteiger partial charge in [0, 0.05) is 6.07 Å². The quantitative estimate of drug-likeness (QED) is 0.837. The zero-order chi connectivity index (χ0) is 10.8. The molecule has 0 fully saturated rings. The third-order valence-corrected chi connectivity index (χ3v) is 4.16. The van der Waals surface area contributed by atoms with Gasteiger partial charge in [-0.15, -0.1) is 11.8 Å². The number of aryl methyl sites for hydroxylation is 2. The standard InChI is InChI=1S/C9H11N3OS2/c1-5-3-7(13-12-5)4-14-8-6(2)11-9(10)15-8/h3H,4H2,1-2H3,(H2,10,11). The molecule has 0 saturated heterocycles. The Balaban J connectivity index is 2.01. The first-order valence-electron chi connectivity index (χ1n) is 4.43. The number of thioether (sulfide) groups is 1. The molecule has 0 bridgehead atoms. The number of aromatic nitrogens is 2. The van der Waals surface area contributed by atoms with E-state index in [1.165, 1.54) is 11.3 Å². The van der Waals surface area contributed by atoms with Crippen molar-refractivity contribution in [1.29, 1.82) is 0 Å². The Bertz CT molecular complexity index is 464. The van der Waals surface area contributed by atoms with Crippen molar-refractivity contribution in [2.45, 2.75) is 23.8 Å². The average molecular weight is 241 g/mol. The molecule has 0 atom stereocenters. The van der Waals surface area contributed by atoms with Crippen LogP contribution in [0.25, 0.3) is 0 Å². The number of nitrogen functional groups attached to an aromatic ring is 1. The van der Waals surface area contributed by atoms with Crippen LogP contribution < -0.4 is 5.73 Å². The van der Waals surface area contributed by atoms with E-state index in [1.807, 2.05) is 19.9 Å². The summed E-state index contributed by atoms with van der Waals surface area (Å²) in [4.78, 5) is 4.16. The summed E-state index contributed by atoms with van der Waals surface area (Å²) in [5.74, 6) is 1.65. The molecule has 0 saturated carbocycles. The average Bonchev–Trinajstić information content (AvgIpc) is 2.70. The second-order valence-electron chi connectivity index (χ2n) is 3.15. The fourth-order valence-corrected chi connectivity index (χ4v) is 3.06. The topological polar surface area (TPSA) is 64.9 Å². The number of nitrogens with zero attached hydrogens (tertiary/aromatic N) is 2. The van der Waals surface area contributed by atoms with Gasteiger partial charge in [-0.05, 0) is 13.8 Å². The molecule has 2 rings (SSSR count). The molecule has 80 valence electrons. The Morgan fingerprint density at radius 1 is 1.53 bits per heavy atom. The summed E-state index contributed by atoms with van der Waals surface area (Å²) in [6.07, 6.45) is 0. The number of hydrogen-bond donors (Lipinski definition) is 1. The first-order chi connectivity index (χ1) is 7.15. The minimum atomic E-state index is 0.615. The zero-order valence-electron chi connectivity index (χ0n) is 8.48. The van der Waals surface area contributed by atoms with Gasteiger partial charge in [0.25, 0.3) is 0 Å². The van der Waals surface area contributed by atoms with Crippen molar-refractivity contribution in [3.63, 3.8) is 0 Å². The van der Waals surface area contributed by atoms with E-state index in [9.17, 15) is 0 Å². The van der Waals surface area contributed by atoms with Crippen molar-refractivity contribution in [2.75, 3.05) is 5.73 Å². The highest BCUT2D eigenvalue weighted by Gasteiger charge is 2.08. The van der Waals surface area contributed by atoms with Gasteiger partial charge in [-0.2, -0.15) is 0 Å². The maximum atomic E-state index is 5.61. The summed E-state index contributed by atoms with van der Waals surface area (Å²) >= 11 is 3.18. The van der Waals surface area contributed by atoms with Crippen molar-refractivity contribution in [2.24, 2.45) is 0 Å². The molecule has 15 heavy (non-hydrogen) atoms. The second kappa shape index (κ2) is 4.24. The van der Waals surface area contributed by atoms with E-state index in [0.29, 0.717) is 5.13 Å². The molecule has 2 aromatic rings. The fraction of sp³-hybridized carbons (Fsp3) is 0.333. The molecule has 2 N–H and O–H groups in total. The van der Waals surface area contributed by atoms with Gasteiger partial charge in [0.2, 0.25) is 0 Å². The molecule has 0 aliphatic heterocycles. The highest BCUT2D eigenvalue weighted by Crippen LogP contribution is 2.32. The molecule has 0 radical (unpaired) electrons. The van der Waals surface area contributed by atoms with E-state index in [0.717, 1.165) is 27.1 Å². The molecular weight excluding hydrogens is 230 g/mol. The van der Waals surface area contributed by atoms with Crippen molar-refractivity contribution >= 4 is 28.2 Å². The van der Waals surface area contributed by atoms with Crippen molar-refractivity contribution in [1.82, 2.24) is 10.1 Å². The largest absolute Gasteiger partial charge is 0.375 e. The maximum Gasteiger partial charge on any atom is 0.181 e. The number of hydrogen-bond acceptors (Lipinski definition) is 6. The fourth-order valence-electron chi connectivity index (χ4n) is 1.16. The number of anilines is 1. The molecule has 0 amide bonds. The van der Waals surface area contributed by atoms with E-state index in [1.54, 1.807) is 11.8 Å². The van der Waals surface area contributed by atoms with Crippen molar-refractivity contribution < 1.29 is 4.52 Å². The lowest BCUT2D eigenvalue weighted by molar-refractivity contribution is 0.391. The lowest BCUT2D eigenvalue weighted by Gasteiger charge is -1.94. The van der Waals surface area contributed by atoms with E-state index in [2.05, 4.69) is 10.1 Å². The van der Waals surface area contributed by atoms with E-state index >= 15 is 0 Å². The normalized spacial score (nSPS) is 10.8. The molecule has 0 unspecified atom stereocenters. The summed E-state index contributed by atoms with van der Waals surface area (Å²) in [5.41, 5.74) is 7.50. The molecule has 2 aromatic heterocycles. The van der Waals surface area contributed by atoms with Gasteiger partial charge in [0.15, 0.2) is 5.13 Å². The molecule has 0 aliphatic carbocycles. The first kappa shape index (κ1) is 10.5. The van der Waals surface area contributed by atoms with Crippen LogP contribution >= 0.6 is 23.1 Å². The van der Waals surface area contributed by atoms with Gasteiger partial charge in [0.05, 0.1) is 21.3 Å². The minimum Gasteiger partial charge on any atom is -0.375 e. The lowest BCUT2D eigenvalue weighted by Crippen LogP contribution is -1.80. The summed E-state index contributed by atoms with van der Waals surface area (Å²) in [5, 5.41) is 4.45. The lowest BCUT2D eigenvalue weighted by atomic mass is 10.4. The Kier molecular flexibility index (Phi) is 2.97. The molecule has 2 heterocycles. The zero-order valence-corrected chi connectivity index (χ0v) is 10.1. The van der Waals surface area contributed by atoms with Crippen LogP contribution in [0.15, 0.2) is 14.8 Å². The van der Waals surface area contributed by atoms with Crippen LogP contribution in [0.4, 0.5) is 5.13 Å². The Morgan fingerprint density at radius 2 is 2.33 bits per heavy atom. The summed E-state index contributed by atoms with van der Waals surface area (Å²) in [6.45, 7) is 3.87.